The van der Waals surface area contributed by atoms with E-state index >= 15 is 0 Å². The molecule has 1 fully saturated rings. The smallest absolute Gasteiger partial charge is 0.350 e. The Morgan fingerprint density at radius 1 is 1.40 bits per heavy atom. The van der Waals surface area contributed by atoms with E-state index in [2.05, 4.69) is 4.98 Å². The van der Waals surface area contributed by atoms with Gasteiger partial charge in [-0.2, -0.15) is 0 Å². The van der Waals surface area contributed by atoms with E-state index in [1.165, 1.54) is 11.3 Å². The van der Waals surface area contributed by atoms with Crippen molar-refractivity contribution in [1.82, 2.24) is 9.88 Å². The van der Waals surface area contributed by atoms with E-state index in [9.17, 15) is 18.0 Å². The molecule has 2 atom stereocenters. The van der Waals surface area contributed by atoms with Gasteiger partial charge in [-0.1, -0.05) is 6.92 Å². The van der Waals surface area contributed by atoms with Gasteiger partial charge in [-0.3, -0.25) is 4.79 Å². The maximum atomic E-state index is 12.6. The van der Waals surface area contributed by atoms with Gasteiger partial charge in [0.15, 0.2) is 16.4 Å². The van der Waals surface area contributed by atoms with Crippen molar-refractivity contribution in [3.63, 3.8) is 0 Å². The first-order valence-electron chi connectivity index (χ1n) is 8.27. The minimum absolute atomic E-state index is 0.0236. The minimum Gasteiger partial charge on any atom is -0.451 e. The lowest BCUT2D eigenvalue weighted by Gasteiger charge is -2.33. The highest BCUT2D eigenvalue weighted by Gasteiger charge is 2.36. The Morgan fingerprint density at radius 2 is 2.08 bits per heavy atom. The van der Waals surface area contributed by atoms with E-state index in [-0.39, 0.29) is 29.5 Å². The first kappa shape index (κ1) is 19.8. The third kappa shape index (κ3) is 4.78. The molecule has 1 aromatic heterocycles. The van der Waals surface area contributed by atoms with Crippen LogP contribution in [0.3, 0.4) is 0 Å². The second-order valence-electron chi connectivity index (χ2n) is 6.34. The molecule has 0 aliphatic carbocycles. The maximum absolute atomic E-state index is 12.6. The molecule has 0 bridgehead atoms. The fraction of sp³-hybridized carbons (Fsp3) is 0.688. The number of nitrogens with zero attached hydrogens (tertiary/aromatic N) is 2. The van der Waals surface area contributed by atoms with Crippen LogP contribution in [-0.2, 0) is 19.4 Å². The summed E-state index contributed by atoms with van der Waals surface area (Å²) in [7, 11) is -3.10. The molecule has 0 spiro atoms. The number of amides is 1. The van der Waals surface area contributed by atoms with Crippen LogP contribution in [0.2, 0.25) is 0 Å². The van der Waals surface area contributed by atoms with Crippen molar-refractivity contribution in [3.8, 4) is 0 Å². The Morgan fingerprint density at radius 3 is 2.56 bits per heavy atom. The highest BCUT2D eigenvalue weighted by molar-refractivity contribution is 7.91. The van der Waals surface area contributed by atoms with E-state index < -0.39 is 22.4 Å². The Balaban J connectivity index is 2.05. The lowest BCUT2D eigenvalue weighted by molar-refractivity contribution is -0.138. The largest absolute Gasteiger partial charge is 0.451 e. The van der Waals surface area contributed by atoms with Gasteiger partial charge in [-0.05, 0) is 33.6 Å². The summed E-state index contributed by atoms with van der Waals surface area (Å²) in [5, 5.41) is 0.758. The van der Waals surface area contributed by atoms with E-state index in [0.717, 1.165) is 5.01 Å². The summed E-state index contributed by atoms with van der Waals surface area (Å²) in [5.74, 6) is -0.857. The van der Waals surface area contributed by atoms with Gasteiger partial charge in [-0.15, -0.1) is 11.3 Å². The summed E-state index contributed by atoms with van der Waals surface area (Å²) >= 11 is 1.23. The Hall–Kier alpha value is -1.48. The predicted octanol–water partition coefficient (Wildman–Crippen LogP) is 1.73. The molecule has 140 valence electrons. The van der Waals surface area contributed by atoms with Crippen LogP contribution in [0.15, 0.2) is 0 Å². The summed E-state index contributed by atoms with van der Waals surface area (Å²) in [6.45, 7) is 6.93. The average Bonchev–Trinajstić information content (AvgIpc) is 3.06. The molecule has 2 rings (SSSR count). The van der Waals surface area contributed by atoms with E-state index in [0.29, 0.717) is 23.4 Å². The van der Waals surface area contributed by atoms with Gasteiger partial charge in [0.05, 0.1) is 22.2 Å². The number of aryl methyl sites for hydroxylation is 2. The molecule has 7 nitrogen and oxygen atoms in total. The predicted molar refractivity (Wildman–Crippen MR) is 95.5 cm³/mol. The van der Waals surface area contributed by atoms with Crippen molar-refractivity contribution in [2.45, 2.75) is 52.6 Å². The molecule has 1 aliphatic heterocycles. The van der Waals surface area contributed by atoms with E-state index in [1.54, 1.807) is 18.7 Å². The first-order valence-corrected chi connectivity index (χ1v) is 10.9. The molecule has 0 N–H and O–H groups in total. The fourth-order valence-corrected chi connectivity index (χ4v) is 5.51. The summed E-state index contributed by atoms with van der Waals surface area (Å²) in [5.41, 5.74) is 0.584. The topological polar surface area (TPSA) is 93.6 Å². The third-order valence-corrected chi connectivity index (χ3v) is 7.17. The van der Waals surface area contributed by atoms with E-state index in [1.807, 2.05) is 13.8 Å². The van der Waals surface area contributed by atoms with Gasteiger partial charge in [0.1, 0.15) is 4.88 Å². The number of hydrogen-bond donors (Lipinski definition) is 0. The SMILES string of the molecule is CCC(C)N(C(=O)COC(=O)c1sc(C)nc1C)C1CCS(=O)(=O)C1. The molecule has 2 unspecified atom stereocenters. The summed E-state index contributed by atoms with van der Waals surface area (Å²) < 4.78 is 28.6. The van der Waals surface area contributed by atoms with Crippen LogP contribution in [0, 0.1) is 13.8 Å². The molecule has 1 amide bonds. The van der Waals surface area contributed by atoms with Crippen LogP contribution in [0.1, 0.15) is 47.1 Å². The number of ether oxygens (including phenoxy) is 1. The molecule has 2 heterocycles. The molecule has 9 heteroatoms. The van der Waals surface area contributed by atoms with Crippen molar-refractivity contribution in [2.24, 2.45) is 0 Å². The van der Waals surface area contributed by atoms with Crippen molar-refractivity contribution in [1.29, 1.82) is 0 Å². The highest BCUT2D eigenvalue weighted by Crippen LogP contribution is 2.22. The molecule has 0 radical (unpaired) electrons. The molecule has 1 saturated heterocycles. The Kier molecular flexibility index (Phi) is 6.21. The van der Waals surface area contributed by atoms with Gasteiger partial charge in [0.2, 0.25) is 0 Å². The molecule has 0 saturated carbocycles. The van der Waals surface area contributed by atoms with Crippen LogP contribution in [-0.4, -0.2) is 60.4 Å². The summed E-state index contributed by atoms with van der Waals surface area (Å²) in [6.07, 6.45) is 1.13. The van der Waals surface area contributed by atoms with Gasteiger partial charge >= 0.3 is 5.97 Å². The molecule has 1 aromatic rings. The van der Waals surface area contributed by atoms with Gasteiger partial charge < -0.3 is 9.64 Å². The zero-order chi connectivity index (χ0) is 18.8. The average molecular weight is 389 g/mol. The number of esters is 1. The number of rotatable bonds is 6. The van der Waals surface area contributed by atoms with Gasteiger partial charge in [-0.25, -0.2) is 18.2 Å². The van der Waals surface area contributed by atoms with Crippen LogP contribution < -0.4 is 0 Å². The van der Waals surface area contributed by atoms with Crippen LogP contribution in [0.4, 0.5) is 0 Å². The lowest BCUT2D eigenvalue weighted by Crippen LogP contribution is -2.48. The van der Waals surface area contributed by atoms with Gasteiger partial charge in [0.25, 0.3) is 5.91 Å². The number of carbonyl (C=O) groups is 2. The number of thiazole rings is 1. The van der Waals surface area contributed by atoms with Crippen LogP contribution in [0.25, 0.3) is 0 Å². The zero-order valence-corrected chi connectivity index (χ0v) is 16.6. The minimum atomic E-state index is -3.10. The third-order valence-electron chi connectivity index (χ3n) is 4.37. The second kappa shape index (κ2) is 7.82. The Labute approximate surface area is 152 Å². The lowest BCUT2D eigenvalue weighted by atomic mass is 10.1. The van der Waals surface area contributed by atoms with Crippen LogP contribution >= 0.6 is 11.3 Å². The molecule has 25 heavy (non-hydrogen) atoms. The van der Waals surface area contributed by atoms with E-state index in [4.69, 9.17) is 4.74 Å². The standard InChI is InChI=1S/C16H24N2O5S2/c1-5-10(2)18(13-6-7-25(21,22)9-13)14(19)8-23-16(20)15-11(3)17-12(4)24-15/h10,13H,5-9H2,1-4H3. The Bertz CT molecular complexity index is 757. The number of carbonyl (C=O) groups excluding carboxylic acids is 2. The molecular weight excluding hydrogens is 364 g/mol. The molecule has 0 aromatic carbocycles. The molecule has 1 aliphatic rings. The molecular formula is C16H24N2O5S2. The number of hydrogen-bond acceptors (Lipinski definition) is 7. The van der Waals surface area contributed by atoms with Crippen molar-refractivity contribution in [3.05, 3.63) is 15.6 Å². The summed E-state index contributed by atoms with van der Waals surface area (Å²) in [4.78, 5) is 30.9. The quantitative estimate of drug-likeness (QED) is 0.689. The van der Waals surface area contributed by atoms with Crippen molar-refractivity contribution < 1.29 is 22.7 Å². The van der Waals surface area contributed by atoms with Crippen molar-refractivity contribution >= 4 is 33.1 Å². The fourth-order valence-electron chi connectivity index (χ4n) is 2.99. The van der Waals surface area contributed by atoms with Crippen molar-refractivity contribution in [2.75, 3.05) is 18.1 Å². The summed E-state index contributed by atoms with van der Waals surface area (Å²) in [6, 6.07) is -0.463. The zero-order valence-electron chi connectivity index (χ0n) is 14.9. The van der Waals surface area contributed by atoms with Crippen LogP contribution in [0.5, 0.6) is 0 Å². The van der Waals surface area contributed by atoms with Gasteiger partial charge in [0, 0.05) is 12.1 Å². The number of aromatic nitrogens is 1. The first-order chi connectivity index (χ1) is 11.6. The highest BCUT2D eigenvalue weighted by atomic mass is 32.2. The second-order valence-corrected chi connectivity index (χ2v) is 9.77. The number of sulfone groups is 1. The maximum Gasteiger partial charge on any atom is 0.350 e. The normalized spacial score (nSPS) is 20.2. The monoisotopic (exact) mass is 388 g/mol.